The van der Waals surface area contributed by atoms with Crippen molar-refractivity contribution in [1.29, 1.82) is 0 Å². The van der Waals surface area contributed by atoms with Gasteiger partial charge in [0, 0.05) is 6.54 Å². The highest BCUT2D eigenvalue weighted by molar-refractivity contribution is 4.58. The summed E-state index contributed by atoms with van der Waals surface area (Å²) in [6, 6.07) is 0. The molecule has 0 aromatic carbocycles. The Hall–Kier alpha value is -0.0800. The van der Waals surface area contributed by atoms with Gasteiger partial charge in [-0.2, -0.15) is 0 Å². The van der Waals surface area contributed by atoms with E-state index in [1.807, 2.05) is 0 Å². The third kappa shape index (κ3) is 14.3. The van der Waals surface area contributed by atoms with Crippen LogP contribution in [0.4, 0.5) is 0 Å². The van der Waals surface area contributed by atoms with Crippen molar-refractivity contribution in [3.63, 3.8) is 0 Å². The van der Waals surface area contributed by atoms with Gasteiger partial charge in [-0.1, -0.05) is 78.1 Å². The zero-order chi connectivity index (χ0) is 14.9. The van der Waals surface area contributed by atoms with E-state index in [0.29, 0.717) is 6.61 Å². The molecule has 0 bridgehead atoms. The van der Waals surface area contributed by atoms with Crippen LogP contribution in [0.25, 0.3) is 0 Å². The molecule has 2 heteroatoms. The smallest absolute Gasteiger partial charge is 0.0558 e. The molecular weight excluding hydrogens is 246 g/mol. The number of hydrogen-bond acceptors (Lipinski definition) is 2. The molecule has 1 N–H and O–H groups in total. The lowest BCUT2D eigenvalue weighted by Gasteiger charge is -2.20. The Bertz CT molecular complexity index is 173. The average molecular weight is 286 g/mol. The van der Waals surface area contributed by atoms with Crippen LogP contribution in [0, 0.1) is 0 Å². The van der Waals surface area contributed by atoms with Crippen molar-refractivity contribution in [3.8, 4) is 0 Å². The van der Waals surface area contributed by atoms with Crippen LogP contribution in [0.1, 0.15) is 90.9 Å². The Morgan fingerprint density at radius 2 is 1.00 bits per heavy atom. The predicted octanol–water partition coefficient (Wildman–Crippen LogP) is 5.00. The number of hydrogen-bond donors (Lipinski definition) is 1. The third-order valence-electron chi connectivity index (χ3n) is 4.07. The maximum atomic E-state index is 9.06. The minimum atomic E-state index is 0.307. The third-order valence-corrected chi connectivity index (χ3v) is 4.07. The Morgan fingerprint density at radius 1 is 0.550 bits per heavy atom. The van der Waals surface area contributed by atoms with Gasteiger partial charge < -0.3 is 10.0 Å². The van der Waals surface area contributed by atoms with E-state index < -0.39 is 0 Å². The first kappa shape index (κ1) is 19.9. The Morgan fingerprint density at radius 3 is 1.50 bits per heavy atom. The molecule has 0 radical (unpaired) electrons. The Labute approximate surface area is 127 Å². The molecule has 0 saturated carbocycles. The van der Waals surface area contributed by atoms with Crippen molar-refractivity contribution in [2.24, 2.45) is 0 Å². The summed E-state index contributed by atoms with van der Waals surface area (Å²) in [7, 11) is 0. The van der Waals surface area contributed by atoms with Crippen LogP contribution in [-0.4, -0.2) is 36.2 Å². The Balaban J connectivity index is 3.27. The fourth-order valence-corrected chi connectivity index (χ4v) is 2.68. The molecule has 20 heavy (non-hydrogen) atoms. The molecule has 0 atom stereocenters. The zero-order valence-corrected chi connectivity index (χ0v) is 14.2. The summed E-state index contributed by atoms with van der Waals surface area (Å²) in [5, 5.41) is 9.06. The topological polar surface area (TPSA) is 23.5 Å². The standard InChI is InChI=1S/C18H39NO/c1-3-5-7-8-9-10-11-12-13-14-16-19(17-18-20)15-6-4-2/h20H,3-18H2,1-2H3. The molecule has 0 heterocycles. The molecule has 0 aromatic heterocycles. The second-order valence-corrected chi connectivity index (χ2v) is 6.10. The lowest BCUT2D eigenvalue weighted by Crippen LogP contribution is -2.29. The van der Waals surface area contributed by atoms with Gasteiger partial charge in [0.25, 0.3) is 0 Å². The molecule has 0 spiro atoms. The first-order valence-electron chi connectivity index (χ1n) is 9.18. The zero-order valence-electron chi connectivity index (χ0n) is 14.2. The lowest BCUT2D eigenvalue weighted by molar-refractivity contribution is 0.191. The molecule has 122 valence electrons. The summed E-state index contributed by atoms with van der Waals surface area (Å²) < 4.78 is 0. The molecule has 0 unspecified atom stereocenters. The maximum absolute atomic E-state index is 9.06. The van der Waals surface area contributed by atoms with Gasteiger partial charge in [0.2, 0.25) is 0 Å². The average Bonchev–Trinajstić information content (AvgIpc) is 2.46. The first-order chi connectivity index (χ1) is 9.85. The highest BCUT2D eigenvalue weighted by Crippen LogP contribution is 2.10. The van der Waals surface area contributed by atoms with Gasteiger partial charge in [0.1, 0.15) is 0 Å². The SMILES string of the molecule is CCCCCCCCCCCCN(CCO)CCCC. The fraction of sp³-hybridized carbons (Fsp3) is 1.00. The van der Waals surface area contributed by atoms with E-state index in [2.05, 4.69) is 18.7 Å². The van der Waals surface area contributed by atoms with Crippen molar-refractivity contribution in [1.82, 2.24) is 4.90 Å². The van der Waals surface area contributed by atoms with Crippen LogP contribution < -0.4 is 0 Å². The van der Waals surface area contributed by atoms with Crippen LogP contribution in [0.3, 0.4) is 0 Å². The number of aliphatic hydroxyl groups is 1. The summed E-state index contributed by atoms with van der Waals surface area (Å²) >= 11 is 0. The Kier molecular flexibility index (Phi) is 16.9. The summed E-state index contributed by atoms with van der Waals surface area (Å²) in [5.74, 6) is 0. The molecule has 0 aliphatic rings. The van der Waals surface area contributed by atoms with E-state index in [4.69, 9.17) is 5.11 Å². The predicted molar refractivity (Wildman–Crippen MR) is 90.3 cm³/mol. The van der Waals surface area contributed by atoms with Crippen LogP contribution in [0.2, 0.25) is 0 Å². The van der Waals surface area contributed by atoms with Crippen LogP contribution in [-0.2, 0) is 0 Å². The quantitative estimate of drug-likeness (QED) is 0.403. The van der Waals surface area contributed by atoms with E-state index in [-0.39, 0.29) is 0 Å². The number of aliphatic hydroxyl groups excluding tert-OH is 1. The number of rotatable bonds is 16. The maximum Gasteiger partial charge on any atom is 0.0558 e. The van der Waals surface area contributed by atoms with Crippen LogP contribution >= 0.6 is 0 Å². The van der Waals surface area contributed by atoms with Gasteiger partial charge in [-0.15, -0.1) is 0 Å². The van der Waals surface area contributed by atoms with E-state index >= 15 is 0 Å². The summed E-state index contributed by atoms with van der Waals surface area (Å²) in [6.45, 7) is 8.02. The molecule has 0 rings (SSSR count). The van der Waals surface area contributed by atoms with Gasteiger partial charge in [-0.05, 0) is 25.9 Å². The molecule has 0 aromatic rings. The second-order valence-electron chi connectivity index (χ2n) is 6.10. The van der Waals surface area contributed by atoms with Crippen molar-refractivity contribution in [3.05, 3.63) is 0 Å². The van der Waals surface area contributed by atoms with E-state index in [0.717, 1.165) is 13.1 Å². The van der Waals surface area contributed by atoms with E-state index in [1.54, 1.807) is 0 Å². The van der Waals surface area contributed by atoms with Crippen molar-refractivity contribution in [2.45, 2.75) is 90.9 Å². The van der Waals surface area contributed by atoms with Gasteiger partial charge >= 0.3 is 0 Å². The summed E-state index contributed by atoms with van der Waals surface area (Å²) in [4.78, 5) is 2.42. The van der Waals surface area contributed by atoms with E-state index in [9.17, 15) is 0 Å². The molecule has 0 amide bonds. The monoisotopic (exact) mass is 285 g/mol. The summed E-state index contributed by atoms with van der Waals surface area (Å²) in [6.07, 6.45) is 16.5. The van der Waals surface area contributed by atoms with Gasteiger partial charge in [-0.25, -0.2) is 0 Å². The van der Waals surface area contributed by atoms with Crippen LogP contribution in [0.5, 0.6) is 0 Å². The molecule has 0 aliphatic heterocycles. The minimum absolute atomic E-state index is 0.307. The largest absolute Gasteiger partial charge is 0.395 e. The molecule has 2 nitrogen and oxygen atoms in total. The van der Waals surface area contributed by atoms with Crippen molar-refractivity contribution < 1.29 is 5.11 Å². The van der Waals surface area contributed by atoms with Gasteiger partial charge in [0.15, 0.2) is 0 Å². The second kappa shape index (κ2) is 17.0. The van der Waals surface area contributed by atoms with Crippen molar-refractivity contribution >= 4 is 0 Å². The van der Waals surface area contributed by atoms with Crippen molar-refractivity contribution in [2.75, 3.05) is 26.2 Å². The molecule has 0 saturated heterocycles. The molecular formula is C18H39NO. The molecule has 0 aliphatic carbocycles. The van der Waals surface area contributed by atoms with Crippen LogP contribution in [0.15, 0.2) is 0 Å². The first-order valence-corrected chi connectivity index (χ1v) is 9.18. The van der Waals surface area contributed by atoms with Gasteiger partial charge in [0.05, 0.1) is 6.61 Å². The highest BCUT2D eigenvalue weighted by Gasteiger charge is 2.02. The number of nitrogens with zero attached hydrogens (tertiary/aromatic N) is 1. The number of unbranched alkanes of at least 4 members (excludes halogenated alkanes) is 10. The van der Waals surface area contributed by atoms with Gasteiger partial charge in [-0.3, -0.25) is 0 Å². The lowest BCUT2D eigenvalue weighted by atomic mass is 10.1. The molecule has 0 fully saturated rings. The summed E-state index contributed by atoms with van der Waals surface area (Å²) in [5.41, 5.74) is 0. The normalized spacial score (nSPS) is 11.4. The minimum Gasteiger partial charge on any atom is -0.395 e. The van der Waals surface area contributed by atoms with E-state index in [1.165, 1.54) is 83.6 Å². The fourth-order valence-electron chi connectivity index (χ4n) is 2.68. The highest BCUT2D eigenvalue weighted by atomic mass is 16.3.